The van der Waals surface area contributed by atoms with Crippen LogP contribution in [0.2, 0.25) is 10.0 Å². The van der Waals surface area contributed by atoms with Crippen LogP contribution in [0.3, 0.4) is 0 Å². The maximum absolute atomic E-state index is 11.2. The van der Waals surface area contributed by atoms with Crippen LogP contribution in [0.15, 0.2) is 53.5 Å². The average Bonchev–Trinajstić information content (AvgIpc) is 2.98. The number of carbonyl (C=O) groups is 2. The van der Waals surface area contributed by atoms with Gasteiger partial charge in [-0.3, -0.25) is 19.5 Å². The number of anilines is 1. The van der Waals surface area contributed by atoms with Crippen LogP contribution in [-0.4, -0.2) is 75.3 Å². The first-order chi connectivity index (χ1) is 19.6. The van der Waals surface area contributed by atoms with Crippen LogP contribution in [0.1, 0.15) is 28.4 Å². The summed E-state index contributed by atoms with van der Waals surface area (Å²) in [7, 11) is 4.64. The van der Waals surface area contributed by atoms with Crippen LogP contribution in [0.25, 0.3) is 11.1 Å². The van der Waals surface area contributed by atoms with Crippen molar-refractivity contribution in [3.05, 3.63) is 75.3 Å². The fourth-order valence-corrected chi connectivity index (χ4v) is 5.11. The van der Waals surface area contributed by atoms with Crippen molar-refractivity contribution >= 4 is 46.9 Å². The molecule has 1 heterocycles. The van der Waals surface area contributed by atoms with Gasteiger partial charge in [0, 0.05) is 75.1 Å². The SMILES string of the molecule is CC(=O)N1CCN(Cc2ccc(C=O)cc2)CC1.CN=C(N)c1ccc(-c2c(Cl)c(OC)cc(OC)c2Cl)cc1N. The Morgan fingerprint density at radius 1 is 0.976 bits per heavy atom. The number of nitrogens with two attached hydrogens (primary N) is 2. The summed E-state index contributed by atoms with van der Waals surface area (Å²) in [6.45, 7) is 5.94. The highest BCUT2D eigenvalue weighted by Gasteiger charge is 2.20. The highest BCUT2D eigenvalue weighted by Crippen LogP contribution is 2.46. The molecule has 0 aromatic heterocycles. The van der Waals surface area contributed by atoms with Crippen molar-refractivity contribution in [3.8, 4) is 22.6 Å². The van der Waals surface area contributed by atoms with Gasteiger partial charge in [0.15, 0.2) is 0 Å². The van der Waals surface area contributed by atoms with E-state index in [2.05, 4.69) is 9.89 Å². The van der Waals surface area contributed by atoms with Crippen molar-refractivity contribution in [2.75, 3.05) is 53.2 Å². The molecule has 218 valence electrons. The number of rotatable bonds is 7. The molecule has 11 heteroatoms. The van der Waals surface area contributed by atoms with E-state index in [1.807, 2.05) is 35.2 Å². The van der Waals surface area contributed by atoms with Gasteiger partial charge in [-0.2, -0.15) is 0 Å². The Morgan fingerprint density at radius 2 is 1.56 bits per heavy atom. The topological polar surface area (TPSA) is 123 Å². The maximum atomic E-state index is 11.2. The number of aldehydes is 1. The Bertz CT molecular complexity index is 1380. The lowest BCUT2D eigenvalue weighted by molar-refractivity contribution is -0.130. The molecule has 41 heavy (non-hydrogen) atoms. The molecule has 4 N–H and O–H groups in total. The minimum absolute atomic E-state index is 0.157. The molecular weight excluding hydrogens is 565 g/mol. The molecule has 1 aliphatic heterocycles. The number of halogens is 2. The lowest BCUT2D eigenvalue weighted by atomic mass is 10.0. The third-order valence-corrected chi connectivity index (χ3v) is 7.52. The molecule has 1 saturated heterocycles. The highest BCUT2D eigenvalue weighted by atomic mass is 35.5. The second kappa shape index (κ2) is 14.7. The fraction of sp³-hybridized carbons (Fsp3) is 0.300. The van der Waals surface area contributed by atoms with Crippen molar-refractivity contribution in [2.24, 2.45) is 10.7 Å². The van der Waals surface area contributed by atoms with E-state index < -0.39 is 0 Å². The molecule has 0 saturated carbocycles. The summed E-state index contributed by atoms with van der Waals surface area (Å²) >= 11 is 12.8. The lowest BCUT2D eigenvalue weighted by Crippen LogP contribution is -2.47. The lowest BCUT2D eigenvalue weighted by Gasteiger charge is -2.34. The third-order valence-electron chi connectivity index (χ3n) is 6.77. The molecule has 0 bridgehead atoms. The van der Waals surface area contributed by atoms with Gasteiger partial charge in [-0.1, -0.05) is 53.5 Å². The summed E-state index contributed by atoms with van der Waals surface area (Å²) in [6.07, 6.45) is 0.857. The third kappa shape index (κ3) is 7.91. The van der Waals surface area contributed by atoms with Crippen LogP contribution in [0.5, 0.6) is 11.5 Å². The summed E-state index contributed by atoms with van der Waals surface area (Å²) in [5, 5.41) is 0.755. The summed E-state index contributed by atoms with van der Waals surface area (Å²) in [4.78, 5) is 29.9. The Labute approximate surface area is 250 Å². The average molecular weight is 601 g/mol. The van der Waals surface area contributed by atoms with E-state index in [0.717, 1.165) is 44.6 Å². The van der Waals surface area contributed by atoms with Gasteiger partial charge < -0.3 is 25.8 Å². The van der Waals surface area contributed by atoms with Gasteiger partial charge in [0.1, 0.15) is 23.6 Å². The zero-order valence-corrected chi connectivity index (χ0v) is 25.1. The number of amides is 1. The van der Waals surface area contributed by atoms with Crippen molar-refractivity contribution in [1.82, 2.24) is 9.80 Å². The van der Waals surface area contributed by atoms with Crippen LogP contribution >= 0.6 is 23.2 Å². The van der Waals surface area contributed by atoms with Crippen LogP contribution in [-0.2, 0) is 11.3 Å². The van der Waals surface area contributed by atoms with Crippen molar-refractivity contribution < 1.29 is 19.1 Å². The maximum Gasteiger partial charge on any atom is 0.219 e. The molecule has 0 radical (unpaired) electrons. The number of aliphatic imine (C=N–C) groups is 1. The van der Waals surface area contributed by atoms with Gasteiger partial charge in [0.25, 0.3) is 0 Å². The number of ether oxygens (including phenoxy) is 2. The second-order valence-corrected chi connectivity index (χ2v) is 10.1. The number of piperazine rings is 1. The van der Waals surface area contributed by atoms with E-state index in [4.69, 9.17) is 44.1 Å². The highest BCUT2D eigenvalue weighted by molar-refractivity contribution is 6.41. The molecule has 3 aromatic carbocycles. The molecular formula is C30H35Cl2N5O4. The van der Waals surface area contributed by atoms with Gasteiger partial charge in [-0.05, 0) is 23.3 Å². The monoisotopic (exact) mass is 599 g/mol. The summed E-state index contributed by atoms with van der Waals surface area (Å²) in [5.74, 6) is 1.43. The van der Waals surface area contributed by atoms with Crippen LogP contribution in [0.4, 0.5) is 5.69 Å². The number of methoxy groups -OCH3 is 2. The number of hydrogen-bond acceptors (Lipinski definition) is 7. The van der Waals surface area contributed by atoms with Crippen molar-refractivity contribution in [2.45, 2.75) is 13.5 Å². The van der Waals surface area contributed by atoms with E-state index >= 15 is 0 Å². The molecule has 1 aliphatic rings. The van der Waals surface area contributed by atoms with Gasteiger partial charge in [0.05, 0.1) is 24.3 Å². The summed E-state index contributed by atoms with van der Waals surface area (Å²) in [5.41, 5.74) is 16.2. The predicted molar refractivity (Wildman–Crippen MR) is 165 cm³/mol. The molecule has 9 nitrogen and oxygen atoms in total. The zero-order chi connectivity index (χ0) is 30.1. The molecule has 4 rings (SSSR count). The molecule has 1 amide bonds. The Balaban J connectivity index is 0.000000232. The standard InChI is InChI=1S/C16H17Cl2N3O2.C14H18N2O2/c1-21-16(20)9-5-4-8(6-10(9)19)13-14(17)11(22-2)7-12(23-3)15(13)18;1-12(18)16-8-6-15(7-9-16)10-13-2-4-14(11-17)5-3-13/h4-7H,19H2,1-3H3,(H2,20,21);2-5,11H,6-10H2,1H3. The Morgan fingerprint density at radius 3 is 2.02 bits per heavy atom. The molecule has 0 unspecified atom stereocenters. The van der Waals surface area contributed by atoms with E-state index in [9.17, 15) is 9.59 Å². The smallest absolute Gasteiger partial charge is 0.219 e. The molecule has 0 aliphatic carbocycles. The second-order valence-electron chi connectivity index (χ2n) is 9.34. The summed E-state index contributed by atoms with van der Waals surface area (Å²) in [6, 6.07) is 14.6. The van der Waals surface area contributed by atoms with E-state index in [0.29, 0.717) is 49.8 Å². The minimum atomic E-state index is 0.157. The number of hydrogen-bond donors (Lipinski definition) is 2. The zero-order valence-electron chi connectivity index (χ0n) is 23.6. The number of benzene rings is 3. The van der Waals surface area contributed by atoms with E-state index in [1.54, 1.807) is 32.2 Å². The van der Waals surface area contributed by atoms with Gasteiger partial charge in [-0.15, -0.1) is 0 Å². The number of nitrogens with zero attached hydrogens (tertiary/aromatic N) is 3. The molecule has 3 aromatic rings. The van der Waals surface area contributed by atoms with Gasteiger partial charge in [0.2, 0.25) is 5.91 Å². The van der Waals surface area contributed by atoms with Crippen molar-refractivity contribution in [3.63, 3.8) is 0 Å². The minimum Gasteiger partial charge on any atom is -0.495 e. The molecule has 0 spiro atoms. The van der Waals surface area contributed by atoms with Crippen LogP contribution in [0, 0.1) is 0 Å². The normalized spacial score (nSPS) is 13.7. The number of nitrogen functional groups attached to an aromatic ring is 1. The Hall–Kier alpha value is -3.79. The fourth-order valence-electron chi connectivity index (χ4n) is 4.39. The van der Waals surface area contributed by atoms with E-state index in [-0.39, 0.29) is 5.91 Å². The Kier molecular flexibility index (Phi) is 11.4. The molecule has 0 atom stereocenters. The first-order valence-electron chi connectivity index (χ1n) is 12.9. The van der Waals surface area contributed by atoms with E-state index in [1.165, 1.54) is 19.8 Å². The van der Waals surface area contributed by atoms with Crippen LogP contribution < -0.4 is 20.9 Å². The predicted octanol–water partition coefficient (Wildman–Crippen LogP) is 4.76. The largest absolute Gasteiger partial charge is 0.495 e. The van der Waals surface area contributed by atoms with Gasteiger partial charge in [-0.25, -0.2) is 0 Å². The first-order valence-corrected chi connectivity index (χ1v) is 13.6. The number of amidine groups is 1. The first kappa shape index (κ1) is 31.7. The number of carbonyl (C=O) groups excluding carboxylic acids is 2. The van der Waals surface area contributed by atoms with Gasteiger partial charge >= 0.3 is 0 Å². The quantitative estimate of drug-likeness (QED) is 0.174. The van der Waals surface area contributed by atoms with Crippen molar-refractivity contribution in [1.29, 1.82) is 0 Å². The summed E-state index contributed by atoms with van der Waals surface area (Å²) < 4.78 is 10.5. The molecule has 1 fully saturated rings.